The van der Waals surface area contributed by atoms with E-state index in [0.717, 1.165) is 32.6 Å². The Morgan fingerprint density at radius 2 is 1.83 bits per heavy atom. The van der Waals surface area contributed by atoms with Gasteiger partial charge in [-0.2, -0.15) is 0 Å². The largest absolute Gasteiger partial charge is 0.392 e. The highest BCUT2D eigenvalue weighted by Gasteiger charge is 2.12. The maximum absolute atomic E-state index is 9.81. The van der Waals surface area contributed by atoms with Crippen molar-refractivity contribution in [3.63, 3.8) is 0 Å². The zero-order valence-electron chi connectivity index (χ0n) is 15.6. The summed E-state index contributed by atoms with van der Waals surface area (Å²) in [7, 11) is 0. The van der Waals surface area contributed by atoms with Gasteiger partial charge in [-0.15, -0.1) is 0 Å². The van der Waals surface area contributed by atoms with Crippen LogP contribution >= 0.6 is 0 Å². The van der Waals surface area contributed by atoms with E-state index in [1.54, 1.807) is 0 Å². The average Bonchev–Trinajstić information content (AvgIpc) is 2.93. The first-order valence-corrected chi connectivity index (χ1v) is 9.04. The molecule has 24 heavy (non-hydrogen) atoms. The van der Waals surface area contributed by atoms with Gasteiger partial charge < -0.3 is 9.67 Å². The van der Waals surface area contributed by atoms with E-state index in [-0.39, 0.29) is 6.10 Å². The smallest absolute Gasteiger partial charge is 0.0639 e. The lowest BCUT2D eigenvalue weighted by atomic mass is 10.1. The molecular formula is C21H32N2O. The van der Waals surface area contributed by atoms with E-state index in [0.29, 0.717) is 5.92 Å². The lowest BCUT2D eigenvalue weighted by Crippen LogP contribution is -2.32. The summed E-state index contributed by atoms with van der Waals surface area (Å²) in [6.45, 7) is 12.1. The average molecular weight is 329 g/mol. The van der Waals surface area contributed by atoms with E-state index in [1.165, 1.54) is 16.8 Å². The highest BCUT2D eigenvalue weighted by molar-refractivity contribution is 5.26. The molecule has 0 unspecified atom stereocenters. The number of aliphatic hydroxyl groups excluding tert-OH is 1. The second-order valence-electron chi connectivity index (χ2n) is 7.32. The molecule has 0 fully saturated rings. The number of hydrogen-bond acceptors (Lipinski definition) is 2. The Kier molecular flexibility index (Phi) is 7.07. The van der Waals surface area contributed by atoms with Crippen molar-refractivity contribution in [3.8, 4) is 0 Å². The van der Waals surface area contributed by atoms with Gasteiger partial charge in [-0.1, -0.05) is 38.1 Å². The highest BCUT2D eigenvalue weighted by Crippen LogP contribution is 2.14. The van der Waals surface area contributed by atoms with Crippen molar-refractivity contribution >= 4 is 0 Å². The van der Waals surface area contributed by atoms with Crippen molar-refractivity contribution in [2.75, 3.05) is 13.1 Å². The molecule has 1 atom stereocenters. The molecule has 1 aromatic heterocycles. The fourth-order valence-electron chi connectivity index (χ4n) is 3.00. The third kappa shape index (κ3) is 5.81. The first-order valence-electron chi connectivity index (χ1n) is 9.04. The lowest BCUT2D eigenvalue weighted by Gasteiger charge is -2.25. The maximum atomic E-state index is 9.81. The maximum Gasteiger partial charge on any atom is 0.0639 e. The van der Waals surface area contributed by atoms with Gasteiger partial charge in [0.25, 0.3) is 0 Å². The third-order valence-electron chi connectivity index (χ3n) is 4.46. The van der Waals surface area contributed by atoms with Gasteiger partial charge in [0.1, 0.15) is 0 Å². The van der Waals surface area contributed by atoms with Gasteiger partial charge in [0.15, 0.2) is 0 Å². The number of benzene rings is 1. The minimum absolute atomic E-state index is 0.294. The second-order valence-corrected chi connectivity index (χ2v) is 7.32. The fourth-order valence-corrected chi connectivity index (χ4v) is 3.00. The van der Waals surface area contributed by atoms with Crippen LogP contribution in [0.1, 0.15) is 44.0 Å². The molecule has 3 heteroatoms. The predicted octanol–water partition coefficient (Wildman–Crippen LogP) is 4.07. The van der Waals surface area contributed by atoms with E-state index < -0.39 is 0 Å². The standard InChI is InChI=1S/C21H32N2O/c1-17(2)11-13-22(14-19(4)24)16-21-10-7-12-23(21)15-20-9-6-5-8-18(20)3/h5-10,12,17,19,24H,11,13-16H2,1-4H3/t19-/m1/s1. The summed E-state index contributed by atoms with van der Waals surface area (Å²) < 4.78 is 2.33. The summed E-state index contributed by atoms with van der Waals surface area (Å²) in [5.41, 5.74) is 4.00. The Bertz CT molecular complexity index is 616. The molecule has 0 spiro atoms. The van der Waals surface area contributed by atoms with E-state index >= 15 is 0 Å². The zero-order valence-corrected chi connectivity index (χ0v) is 15.6. The van der Waals surface area contributed by atoms with Gasteiger partial charge in [0.05, 0.1) is 6.10 Å². The second kappa shape index (κ2) is 9.05. The summed E-state index contributed by atoms with van der Waals surface area (Å²) in [6.07, 6.45) is 3.02. The SMILES string of the molecule is Cc1ccccc1Cn1cccc1CN(CCC(C)C)C[C@@H](C)O. The van der Waals surface area contributed by atoms with Gasteiger partial charge in [0, 0.05) is 31.5 Å². The summed E-state index contributed by atoms with van der Waals surface area (Å²) in [6, 6.07) is 12.9. The number of rotatable bonds is 9. The van der Waals surface area contributed by atoms with E-state index in [2.05, 4.69) is 72.8 Å². The van der Waals surface area contributed by atoms with Crippen molar-refractivity contribution in [2.45, 2.75) is 53.3 Å². The summed E-state index contributed by atoms with van der Waals surface area (Å²) in [4.78, 5) is 2.37. The molecule has 1 heterocycles. The molecule has 1 N–H and O–H groups in total. The fraction of sp³-hybridized carbons (Fsp3) is 0.524. The number of hydrogen-bond donors (Lipinski definition) is 1. The van der Waals surface area contributed by atoms with Crippen LogP contribution in [0.2, 0.25) is 0 Å². The zero-order chi connectivity index (χ0) is 17.5. The topological polar surface area (TPSA) is 28.4 Å². The van der Waals surface area contributed by atoms with E-state index in [4.69, 9.17) is 0 Å². The molecule has 2 rings (SSSR count). The van der Waals surface area contributed by atoms with Crippen LogP contribution in [0.4, 0.5) is 0 Å². The van der Waals surface area contributed by atoms with Crippen LogP contribution in [-0.4, -0.2) is 33.8 Å². The summed E-state index contributed by atoms with van der Waals surface area (Å²) in [5.74, 6) is 0.681. The van der Waals surface area contributed by atoms with Crippen LogP contribution in [0.25, 0.3) is 0 Å². The lowest BCUT2D eigenvalue weighted by molar-refractivity contribution is 0.117. The van der Waals surface area contributed by atoms with Crippen molar-refractivity contribution in [1.29, 1.82) is 0 Å². The molecule has 0 radical (unpaired) electrons. The number of nitrogens with zero attached hydrogens (tertiary/aromatic N) is 2. The molecule has 0 aliphatic carbocycles. The van der Waals surface area contributed by atoms with Crippen LogP contribution in [0, 0.1) is 12.8 Å². The van der Waals surface area contributed by atoms with Crippen LogP contribution in [0.3, 0.4) is 0 Å². The van der Waals surface area contributed by atoms with Crippen molar-refractivity contribution < 1.29 is 5.11 Å². The van der Waals surface area contributed by atoms with Crippen LogP contribution in [0.15, 0.2) is 42.6 Å². The Morgan fingerprint density at radius 3 is 2.50 bits per heavy atom. The van der Waals surface area contributed by atoms with Crippen molar-refractivity contribution in [3.05, 3.63) is 59.4 Å². The third-order valence-corrected chi connectivity index (χ3v) is 4.46. The van der Waals surface area contributed by atoms with E-state index in [1.807, 2.05) is 6.92 Å². The Labute approximate surface area is 146 Å². The van der Waals surface area contributed by atoms with E-state index in [9.17, 15) is 5.11 Å². The number of aryl methyl sites for hydroxylation is 1. The Hall–Kier alpha value is -1.58. The number of aliphatic hydroxyl groups is 1. The predicted molar refractivity (Wildman–Crippen MR) is 101 cm³/mol. The van der Waals surface area contributed by atoms with Crippen LogP contribution < -0.4 is 0 Å². The van der Waals surface area contributed by atoms with Gasteiger partial charge in [0.2, 0.25) is 0 Å². The molecule has 0 amide bonds. The molecule has 0 saturated carbocycles. The summed E-state index contributed by atoms with van der Waals surface area (Å²) in [5, 5.41) is 9.81. The molecule has 0 saturated heterocycles. The monoisotopic (exact) mass is 328 g/mol. The van der Waals surface area contributed by atoms with Crippen molar-refractivity contribution in [1.82, 2.24) is 9.47 Å². The Morgan fingerprint density at radius 1 is 1.08 bits per heavy atom. The summed E-state index contributed by atoms with van der Waals surface area (Å²) >= 11 is 0. The molecular weight excluding hydrogens is 296 g/mol. The molecule has 132 valence electrons. The normalized spacial score (nSPS) is 13.0. The first kappa shape index (κ1) is 18.8. The minimum Gasteiger partial charge on any atom is -0.392 e. The van der Waals surface area contributed by atoms with Crippen molar-refractivity contribution in [2.24, 2.45) is 5.92 Å². The van der Waals surface area contributed by atoms with Gasteiger partial charge in [-0.05, 0) is 56.0 Å². The highest BCUT2D eigenvalue weighted by atomic mass is 16.3. The molecule has 2 aromatic rings. The van der Waals surface area contributed by atoms with Gasteiger partial charge in [-0.3, -0.25) is 4.90 Å². The molecule has 3 nitrogen and oxygen atoms in total. The molecule has 0 bridgehead atoms. The molecule has 1 aromatic carbocycles. The quantitative estimate of drug-likeness (QED) is 0.751. The Balaban J connectivity index is 2.08. The van der Waals surface area contributed by atoms with Gasteiger partial charge in [-0.25, -0.2) is 0 Å². The van der Waals surface area contributed by atoms with Crippen LogP contribution in [-0.2, 0) is 13.1 Å². The van der Waals surface area contributed by atoms with Gasteiger partial charge >= 0.3 is 0 Å². The first-order chi connectivity index (χ1) is 11.5. The number of aromatic nitrogens is 1. The van der Waals surface area contributed by atoms with Crippen LogP contribution in [0.5, 0.6) is 0 Å². The molecule has 0 aliphatic heterocycles. The minimum atomic E-state index is -0.294. The molecule has 0 aliphatic rings.